The maximum absolute atomic E-state index is 13.8. The van der Waals surface area contributed by atoms with E-state index in [-0.39, 0.29) is 21.9 Å². The van der Waals surface area contributed by atoms with Crippen LogP contribution in [0, 0.1) is 22.9 Å². The molecule has 3 amide bonds. The molecular formula is C24H19ClFN5O6. The van der Waals surface area contributed by atoms with Crippen LogP contribution >= 0.6 is 11.6 Å². The number of fused-ring (bicyclic) bond motifs is 1. The van der Waals surface area contributed by atoms with Gasteiger partial charge in [-0.1, -0.05) is 23.7 Å². The Hall–Kier alpha value is -4.58. The van der Waals surface area contributed by atoms with Gasteiger partial charge in [0, 0.05) is 29.2 Å². The molecule has 2 aromatic carbocycles. The van der Waals surface area contributed by atoms with Crippen molar-refractivity contribution < 1.29 is 28.1 Å². The number of hydrogen-bond acceptors (Lipinski definition) is 7. The van der Waals surface area contributed by atoms with E-state index in [0.29, 0.717) is 41.9 Å². The number of carbonyl (C=O) groups excluding carboxylic acids is 3. The Labute approximate surface area is 213 Å². The fourth-order valence-corrected chi connectivity index (χ4v) is 4.04. The first-order valence-corrected chi connectivity index (χ1v) is 11.3. The molecule has 1 aromatic heterocycles. The molecule has 13 heteroatoms. The van der Waals surface area contributed by atoms with Crippen LogP contribution in [0.15, 0.2) is 52.0 Å². The van der Waals surface area contributed by atoms with Crippen LogP contribution in [0.3, 0.4) is 0 Å². The van der Waals surface area contributed by atoms with Crippen LogP contribution in [0.2, 0.25) is 5.02 Å². The van der Waals surface area contributed by atoms with Crippen molar-refractivity contribution in [3.05, 3.63) is 97.2 Å². The minimum absolute atomic E-state index is 0.00828. The molecule has 11 nitrogen and oxygen atoms in total. The van der Waals surface area contributed by atoms with Gasteiger partial charge in [0.05, 0.1) is 16.2 Å². The smallest absolute Gasteiger partial charge is 0.305 e. The van der Waals surface area contributed by atoms with Crippen molar-refractivity contribution in [3.8, 4) is 0 Å². The summed E-state index contributed by atoms with van der Waals surface area (Å²) in [5, 5.41) is 15.1. The van der Waals surface area contributed by atoms with Crippen molar-refractivity contribution >= 4 is 40.7 Å². The van der Waals surface area contributed by atoms with Gasteiger partial charge in [0.15, 0.2) is 5.76 Å². The summed E-state index contributed by atoms with van der Waals surface area (Å²) < 4.78 is 19.5. The number of nitrogens with zero attached hydrogens (tertiary/aromatic N) is 2. The average Bonchev–Trinajstić information content (AvgIpc) is 3.23. The molecule has 0 spiro atoms. The number of nitro groups is 1. The molecule has 3 N–H and O–H groups in total. The molecule has 1 aliphatic carbocycles. The van der Waals surface area contributed by atoms with Crippen LogP contribution < -0.4 is 16.3 Å². The molecule has 0 bridgehead atoms. The topological polar surface area (TPSA) is 156 Å². The number of nitro benzene ring substituents is 1. The lowest BCUT2D eigenvalue weighted by atomic mass is 9.93. The third-order valence-corrected chi connectivity index (χ3v) is 5.96. The zero-order valence-corrected chi connectivity index (χ0v) is 20.0. The number of furan rings is 1. The lowest BCUT2D eigenvalue weighted by Crippen LogP contribution is -2.42. The summed E-state index contributed by atoms with van der Waals surface area (Å²) in [6, 6.07) is 8.93. The highest BCUT2D eigenvalue weighted by atomic mass is 35.5. The number of hydrogen-bond donors (Lipinski definition) is 3. The zero-order valence-electron chi connectivity index (χ0n) is 19.3. The number of rotatable bonds is 5. The van der Waals surface area contributed by atoms with Crippen molar-refractivity contribution in [1.82, 2.24) is 16.3 Å². The summed E-state index contributed by atoms with van der Waals surface area (Å²) in [6.45, 7) is 1.63. The maximum atomic E-state index is 13.8. The van der Waals surface area contributed by atoms with Crippen LogP contribution in [-0.4, -0.2) is 28.4 Å². The second-order valence-corrected chi connectivity index (χ2v) is 8.43. The molecule has 0 fully saturated rings. The van der Waals surface area contributed by atoms with Gasteiger partial charge in [0.2, 0.25) is 0 Å². The van der Waals surface area contributed by atoms with Gasteiger partial charge in [-0.05, 0) is 44.0 Å². The normalized spacial score (nSPS) is 13.5. The summed E-state index contributed by atoms with van der Waals surface area (Å²) in [7, 11) is 0. The predicted octanol–water partition coefficient (Wildman–Crippen LogP) is 3.83. The minimum atomic E-state index is -0.840. The Morgan fingerprint density at radius 2 is 1.81 bits per heavy atom. The molecule has 0 aliphatic heterocycles. The van der Waals surface area contributed by atoms with E-state index in [0.717, 1.165) is 12.1 Å². The largest absolute Gasteiger partial charge is 0.455 e. The molecule has 0 radical (unpaired) electrons. The van der Waals surface area contributed by atoms with Crippen LogP contribution in [-0.2, 0) is 6.42 Å². The molecule has 37 heavy (non-hydrogen) atoms. The number of nitrogens with one attached hydrogen (secondary N) is 3. The van der Waals surface area contributed by atoms with Crippen molar-refractivity contribution in [1.29, 1.82) is 0 Å². The maximum Gasteiger partial charge on any atom is 0.305 e. The third kappa shape index (κ3) is 5.33. The van der Waals surface area contributed by atoms with Crippen LogP contribution in [0.25, 0.3) is 0 Å². The van der Waals surface area contributed by atoms with E-state index >= 15 is 0 Å². The molecule has 4 rings (SSSR count). The lowest BCUT2D eigenvalue weighted by Gasteiger charge is -2.13. The van der Waals surface area contributed by atoms with E-state index < -0.39 is 34.1 Å². The molecule has 0 saturated heterocycles. The fraction of sp³-hybridized carbons (Fsp3) is 0.167. The Bertz CT molecular complexity index is 1470. The number of carbonyl (C=O) groups is 3. The summed E-state index contributed by atoms with van der Waals surface area (Å²) in [4.78, 5) is 47.8. The molecule has 0 unspecified atom stereocenters. The van der Waals surface area contributed by atoms with Gasteiger partial charge in [-0.15, -0.1) is 0 Å². The number of hydrazone groups is 1. The predicted molar refractivity (Wildman–Crippen MR) is 130 cm³/mol. The number of aryl methyl sites for hydroxylation is 1. The molecule has 1 aliphatic rings. The van der Waals surface area contributed by atoms with E-state index in [1.54, 1.807) is 6.92 Å². The number of hydrazine groups is 1. The van der Waals surface area contributed by atoms with Gasteiger partial charge < -0.3 is 4.42 Å². The lowest BCUT2D eigenvalue weighted by molar-refractivity contribution is -0.384. The van der Waals surface area contributed by atoms with E-state index in [1.165, 1.54) is 30.3 Å². The van der Waals surface area contributed by atoms with E-state index in [9.17, 15) is 28.9 Å². The highest BCUT2D eigenvalue weighted by Crippen LogP contribution is 2.30. The van der Waals surface area contributed by atoms with Crippen LogP contribution in [0.4, 0.5) is 10.1 Å². The second-order valence-electron chi connectivity index (χ2n) is 8.02. The molecule has 0 atom stereocenters. The van der Waals surface area contributed by atoms with Gasteiger partial charge >= 0.3 is 5.91 Å². The van der Waals surface area contributed by atoms with Gasteiger partial charge in [0.25, 0.3) is 17.5 Å². The summed E-state index contributed by atoms with van der Waals surface area (Å²) in [5.41, 5.74) is 7.49. The van der Waals surface area contributed by atoms with Gasteiger partial charge in [-0.25, -0.2) is 9.82 Å². The highest BCUT2D eigenvalue weighted by Gasteiger charge is 2.28. The fourth-order valence-electron chi connectivity index (χ4n) is 3.86. The summed E-state index contributed by atoms with van der Waals surface area (Å²) in [5.74, 6) is -2.62. The quantitative estimate of drug-likeness (QED) is 0.338. The molecule has 0 saturated carbocycles. The summed E-state index contributed by atoms with van der Waals surface area (Å²) >= 11 is 5.79. The summed E-state index contributed by atoms with van der Waals surface area (Å²) in [6.07, 6.45) is 1.62. The van der Waals surface area contributed by atoms with Crippen LogP contribution in [0.1, 0.15) is 61.0 Å². The van der Waals surface area contributed by atoms with Gasteiger partial charge in [-0.3, -0.25) is 35.3 Å². The number of amides is 3. The first-order valence-electron chi connectivity index (χ1n) is 11.0. The van der Waals surface area contributed by atoms with E-state index in [2.05, 4.69) is 21.4 Å². The van der Waals surface area contributed by atoms with Crippen molar-refractivity contribution in [2.24, 2.45) is 5.10 Å². The Morgan fingerprint density at radius 3 is 2.54 bits per heavy atom. The van der Waals surface area contributed by atoms with Gasteiger partial charge in [-0.2, -0.15) is 5.10 Å². The Balaban J connectivity index is 1.50. The van der Waals surface area contributed by atoms with E-state index in [1.807, 2.05) is 0 Å². The standard InChI is InChI=1S/C24H19ClFN5O6/c1-12-20-17(27-28-22(32)13-9-10-15(25)18(11-13)31(35)36)7-4-8-19(20)37-21(12)24(34)30-29-23(33)14-5-2-3-6-16(14)26/h2-3,5-6,9-11H,4,7-8H2,1H3,(H,28,32)(H,29,33)(H,30,34)/b27-17+. The van der Waals surface area contributed by atoms with Crippen LogP contribution in [0.5, 0.6) is 0 Å². The van der Waals surface area contributed by atoms with E-state index in [4.69, 9.17) is 16.0 Å². The number of benzene rings is 2. The average molecular weight is 528 g/mol. The van der Waals surface area contributed by atoms with Crippen molar-refractivity contribution in [3.63, 3.8) is 0 Å². The monoisotopic (exact) mass is 527 g/mol. The first kappa shape index (κ1) is 25.5. The molecule has 190 valence electrons. The highest BCUT2D eigenvalue weighted by molar-refractivity contribution is 6.32. The molecule has 3 aromatic rings. The third-order valence-electron chi connectivity index (χ3n) is 5.64. The van der Waals surface area contributed by atoms with Gasteiger partial charge in [0.1, 0.15) is 16.6 Å². The number of halogens is 2. The van der Waals surface area contributed by atoms with Crippen molar-refractivity contribution in [2.45, 2.75) is 26.2 Å². The minimum Gasteiger partial charge on any atom is -0.455 e. The zero-order chi connectivity index (χ0) is 26.7. The SMILES string of the molecule is Cc1c(C(=O)NNC(=O)c2ccccc2F)oc2c1/C(=N/NC(=O)c1ccc(Cl)c([N+](=O)[O-])c1)CCC2. The molecule has 1 heterocycles. The molecular weight excluding hydrogens is 509 g/mol. The Kier molecular flexibility index (Phi) is 7.30. The van der Waals surface area contributed by atoms with Crippen molar-refractivity contribution in [2.75, 3.05) is 0 Å². The second kappa shape index (κ2) is 10.6. The Morgan fingerprint density at radius 1 is 1.08 bits per heavy atom. The first-order chi connectivity index (χ1) is 17.7.